The largest absolute Gasteiger partial charge is 0.396 e. The van der Waals surface area contributed by atoms with Crippen molar-refractivity contribution in [3.63, 3.8) is 0 Å². The molecule has 76 valence electrons. The van der Waals surface area contributed by atoms with Crippen molar-refractivity contribution in [2.24, 2.45) is 11.8 Å². The molecular formula is C8H15NO4. The van der Waals surface area contributed by atoms with Gasteiger partial charge in [0.15, 0.2) is 0 Å². The SMILES string of the molecule is CCC(C=O)C(CCO)C[N+](=O)[O-]. The maximum absolute atomic E-state index is 10.5. The van der Waals surface area contributed by atoms with Crippen molar-refractivity contribution in [1.29, 1.82) is 0 Å². The third kappa shape index (κ3) is 4.57. The monoisotopic (exact) mass is 189 g/mol. The van der Waals surface area contributed by atoms with E-state index in [1.807, 2.05) is 6.92 Å². The van der Waals surface area contributed by atoms with Crippen LogP contribution >= 0.6 is 0 Å². The number of rotatable bonds is 7. The van der Waals surface area contributed by atoms with Crippen molar-refractivity contribution < 1.29 is 14.8 Å². The van der Waals surface area contributed by atoms with Gasteiger partial charge in [0.2, 0.25) is 6.54 Å². The fourth-order valence-corrected chi connectivity index (χ4v) is 1.34. The smallest absolute Gasteiger partial charge is 0.207 e. The van der Waals surface area contributed by atoms with Crippen LogP contribution in [0.25, 0.3) is 0 Å². The van der Waals surface area contributed by atoms with E-state index in [9.17, 15) is 14.9 Å². The van der Waals surface area contributed by atoms with Gasteiger partial charge in [-0.05, 0) is 12.8 Å². The number of hydrogen-bond donors (Lipinski definition) is 1. The van der Waals surface area contributed by atoms with Gasteiger partial charge in [0.25, 0.3) is 0 Å². The molecule has 0 rings (SSSR count). The van der Waals surface area contributed by atoms with Gasteiger partial charge >= 0.3 is 0 Å². The van der Waals surface area contributed by atoms with Gasteiger partial charge in [-0.1, -0.05) is 6.92 Å². The highest BCUT2D eigenvalue weighted by Crippen LogP contribution is 2.17. The van der Waals surface area contributed by atoms with Crippen LogP contribution in [0.3, 0.4) is 0 Å². The van der Waals surface area contributed by atoms with Crippen LogP contribution in [-0.2, 0) is 4.79 Å². The van der Waals surface area contributed by atoms with E-state index >= 15 is 0 Å². The summed E-state index contributed by atoms with van der Waals surface area (Å²) < 4.78 is 0. The van der Waals surface area contributed by atoms with Crippen molar-refractivity contribution in [2.45, 2.75) is 19.8 Å². The number of aldehydes is 1. The minimum atomic E-state index is -0.438. The van der Waals surface area contributed by atoms with Crippen LogP contribution in [0.4, 0.5) is 0 Å². The van der Waals surface area contributed by atoms with Gasteiger partial charge in [-0.25, -0.2) is 0 Å². The minimum absolute atomic E-state index is 0.108. The van der Waals surface area contributed by atoms with Gasteiger partial charge in [0.1, 0.15) is 6.29 Å². The zero-order chi connectivity index (χ0) is 10.3. The Morgan fingerprint density at radius 3 is 2.54 bits per heavy atom. The Morgan fingerprint density at radius 1 is 1.62 bits per heavy atom. The Morgan fingerprint density at radius 2 is 2.23 bits per heavy atom. The molecule has 5 heteroatoms. The Balaban J connectivity index is 4.19. The molecule has 1 N–H and O–H groups in total. The second-order valence-corrected chi connectivity index (χ2v) is 3.00. The Labute approximate surface area is 76.9 Å². The molecule has 0 amide bonds. The summed E-state index contributed by atoms with van der Waals surface area (Å²) in [6.07, 6.45) is 1.64. The molecule has 5 nitrogen and oxygen atoms in total. The normalized spacial score (nSPS) is 14.9. The molecule has 2 atom stereocenters. The molecule has 0 saturated heterocycles. The van der Waals surface area contributed by atoms with E-state index in [1.165, 1.54) is 0 Å². The Hall–Kier alpha value is -0.970. The summed E-state index contributed by atoms with van der Waals surface area (Å²) in [6.45, 7) is 1.46. The third-order valence-corrected chi connectivity index (χ3v) is 2.14. The molecule has 0 saturated carbocycles. The van der Waals surface area contributed by atoms with Crippen LogP contribution in [-0.4, -0.2) is 29.5 Å². The number of nitrogens with zero attached hydrogens (tertiary/aromatic N) is 1. The van der Waals surface area contributed by atoms with Gasteiger partial charge in [0, 0.05) is 23.4 Å². The quantitative estimate of drug-likeness (QED) is 0.359. The lowest BCUT2D eigenvalue weighted by Crippen LogP contribution is -2.24. The van der Waals surface area contributed by atoms with Crippen LogP contribution in [0, 0.1) is 22.0 Å². The summed E-state index contributed by atoms with van der Waals surface area (Å²) in [6, 6.07) is 0. The molecule has 0 aromatic rings. The fourth-order valence-electron chi connectivity index (χ4n) is 1.34. The molecule has 13 heavy (non-hydrogen) atoms. The van der Waals surface area contributed by atoms with Gasteiger partial charge in [-0.2, -0.15) is 0 Å². The van der Waals surface area contributed by atoms with Crippen molar-refractivity contribution in [2.75, 3.05) is 13.2 Å². The van der Waals surface area contributed by atoms with Gasteiger partial charge in [-0.15, -0.1) is 0 Å². The highest BCUT2D eigenvalue weighted by Gasteiger charge is 2.23. The fraction of sp³-hybridized carbons (Fsp3) is 0.875. The highest BCUT2D eigenvalue weighted by molar-refractivity contribution is 5.53. The average Bonchev–Trinajstić information content (AvgIpc) is 2.05. The lowest BCUT2D eigenvalue weighted by molar-refractivity contribution is -0.489. The molecule has 0 aliphatic carbocycles. The molecule has 0 aromatic heterocycles. The zero-order valence-electron chi connectivity index (χ0n) is 7.68. The summed E-state index contributed by atoms with van der Waals surface area (Å²) in [7, 11) is 0. The lowest BCUT2D eigenvalue weighted by Gasteiger charge is -2.16. The minimum Gasteiger partial charge on any atom is -0.396 e. The summed E-state index contributed by atoms with van der Waals surface area (Å²) in [5.74, 6) is -0.639. The number of aliphatic hydroxyl groups excluding tert-OH is 1. The first kappa shape index (κ1) is 12.0. The lowest BCUT2D eigenvalue weighted by atomic mass is 9.89. The van der Waals surface area contributed by atoms with Crippen molar-refractivity contribution in [3.05, 3.63) is 10.1 Å². The molecule has 0 aromatic carbocycles. The molecular weight excluding hydrogens is 174 g/mol. The number of nitro groups is 1. The summed E-state index contributed by atoms with van der Waals surface area (Å²) in [4.78, 5) is 20.3. The predicted octanol–water partition coefficient (Wildman–Crippen LogP) is 0.487. The summed E-state index contributed by atoms with van der Waals surface area (Å²) in [5.41, 5.74) is 0. The highest BCUT2D eigenvalue weighted by atomic mass is 16.6. The molecule has 0 aliphatic rings. The standard InChI is InChI=1S/C8H15NO4/c1-2-7(6-11)8(3-4-10)5-9(12)13/h6-8,10H,2-5H2,1H3. The number of carbonyl (C=O) groups excluding carboxylic acids is 1. The topological polar surface area (TPSA) is 80.4 Å². The van der Waals surface area contributed by atoms with Gasteiger partial charge < -0.3 is 9.90 Å². The summed E-state index contributed by atoms with van der Waals surface area (Å²) >= 11 is 0. The molecule has 0 spiro atoms. The average molecular weight is 189 g/mol. The molecule has 2 unspecified atom stereocenters. The van der Waals surface area contributed by atoms with E-state index in [-0.39, 0.29) is 25.0 Å². The first-order chi connectivity index (χ1) is 6.15. The first-order valence-electron chi connectivity index (χ1n) is 4.33. The van der Waals surface area contributed by atoms with Crippen LogP contribution in [0.2, 0.25) is 0 Å². The summed E-state index contributed by atoms with van der Waals surface area (Å²) in [5, 5.41) is 18.9. The molecule has 0 aliphatic heterocycles. The maximum atomic E-state index is 10.5. The number of carbonyl (C=O) groups is 1. The second-order valence-electron chi connectivity index (χ2n) is 3.00. The van der Waals surface area contributed by atoms with Crippen molar-refractivity contribution in [3.8, 4) is 0 Å². The van der Waals surface area contributed by atoms with Crippen LogP contribution in [0.1, 0.15) is 19.8 Å². The number of aliphatic hydroxyl groups is 1. The van der Waals surface area contributed by atoms with Crippen molar-refractivity contribution >= 4 is 6.29 Å². The van der Waals surface area contributed by atoms with E-state index in [4.69, 9.17) is 5.11 Å². The zero-order valence-corrected chi connectivity index (χ0v) is 7.68. The molecule has 0 heterocycles. The number of hydrogen-bond acceptors (Lipinski definition) is 4. The van der Waals surface area contributed by atoms with E-state index in [1.54, 1.807) is 0 Å². The van der Waals surface area contributed by atoms with E-state index in [0.717, 1.165) is 6.29 Å². The van der Waals surface area contributed by atoms with Gasteiger partial charge in [0.05, 0.1) is 0 Å². The van der Waals surface area contributed by atoms with E-state index in [0.29, 0.717) is 12.8 Å². The van der Waals surface area contributed by atoms with Crippen LogP contribution < -0.4 is 0 Å². The maximum Gasteiger partial charge on any atom is 0.207 e. The first-order valence-corrected chi connectivity index (χ1v) is 4.33. The molecule has 0 radical (unpaired) electrons. The van der Waals surface area contributed by atoms with Crippen LogP contribution in [0.5, 0.6) is 0 Å². The van der Waals surface area contributed by atoms with Crippen molar-refractivity contribution in [1.82, 2.24) is 0 Å². The van der Waals surface area contributed by atoms with E-state index < -0.39 is 4.92 Å². The Bertz CT molecular complexity index is 172. The van der Waals surface area contributed by atoms with E-state index in [2.05, 4.69) is 0 Å². The molecule has 0 bridgehead atoms. The third-order valence-electron chi connectivity index (χ3n) is 2.14. The predicted molar refractivity (Wildman–Crippen MR) is 46.9 cm³/mol. The second kappa shape index (κ2) is 6.54. The van der Waals surface area contributed by atoms with Gasteiger partial charge in [-0.3, -0.25) is 10.1 Å². The van der Waals surface area contributed by atoms with Crippen LogP contribution in [0.15, 0.2) is 0 Å². The Kier molecular flexibility index (Phi) is 6.05. The molecule has 0 fully saturated rings.